The monoisotopic (exact) mass is 648 g/mol. The number of ether oxygens (including phenoxy) is 1. The van der Waals surface area contributed by atoms with Crippen molar-refractivity contribution in [3.05, 3.63) is 25.3 Å². The first kappa shape index (κ1) is 36.8. The summed E-state index contributed by atoms with van der Waals surface area (Å²) in [5.74, 6) is -2.49. The first-order chi connectivity index (χ1) is 20.7. The van der Waals surface area contributed by atoms with Crippen molar-refractivity contribution in [3.8, 4) is 0 Å². The Labute approximate surface area is 270 Å². The van der Waals surface area contributed by atoms with E-state index in [1.807, 2.05) is 6.08 Å². The highest BCUT2D eigenvalue weighted by Gasteiger charge is 2.61. The molecule has 3 N–H and O–H groups in total. The van der Waals surface area contributed by atoms with Crippen molar-refractivity contribution in [2.45, 2.75) is 134 Å². The van der Waals surface area contributed by atoms with Crippen molar-refractivity contribution in [1.82, 2.24) is 20.4 Å². The second kappa shape index (κ2) is 14.0. The Morgan fingerprint density at radius 3 is 2.27 bits per heavy atom. The number of likely N-dealkylation sites (tertiary alicyclic amines) is 1. The number of carboxylic acids is 1. The Balaban J connectivity index is 1.93. The fourth-order valence-corrected chi connectivity index (χ4v) is 7.02. The molecule has 0 aromatic rings. The lowest BCUT2D eigenvalue weighted by atomic mass is 10.1. The molecule has 5 atom stereocenters. The smallest absolute Gasteiger partial charge is 0.408 e. The molecule has 1 heterocycles. The van der Waals surface area contributed by atoms with Gasteiger partial charge in [0.15, 0.2) is 8.32 Å². The van der Waals surface area contributed by atoms with Crippen LogP contribution in [0.4, 0.5) is 4.79 Å². The predicted octanol–water partition coefficient (Wildman–Crippen LogP) is 4.45. The van der Waals surface area contributed by atoms with Crippen LogP contribution in [0.25, 0.3) is 0 Å². The molecule has 3 fully saturated rings. The average Bonchev–Trinajstić information content (AvgIpc) is 3.82. The summed E-state index contributed by atoms with van der Waals surface area (Å²) in [6.45, 7) is 24.6. The number of hydrogen-bond donors (Lipinski definition) is 3. The van der Waals surface area contributed by atoms with Crippen molar-refractivity contribution in [2.24, 2.45) is 5.92 Å². The van der Waals surface area contributed by atoms with Crippen LogP contribution in [0.2, 0.25) is 18.1 Å². The Bertz CT molecular complexity index is 1140. The molecule has 11 nitrogen and oxygen atoms in total. The largest absolute Gasteiger partial charge is 0.479 e. The average molecular weight is 649 g/mol. The number of hydrogen-bond acceptors (Lipinski definition) is 7. The zero-order valence-corrected chi connectivity index (χ0v) is 29.6. The summed E-state index contributed by atoms with van der Waals surface area (Å²) in [4.78, 5) is 57.2. The van der Waals surface area contributed by atoms with Crippen molar-refractivity contribution in [3.63, 3.8) is 0 Å². The van der Waals surface area contributed by atoms with Crippen molar-refractivity contribution in [2.75, 3.05) is 19.6 Å². The number of carbonyl (C=O) groups excluding carboxylic acids is 3. The summed E-state index contributed by atoms with van der Waals surface area (Å²) < 4.78 is 12.2. The topological polar surface area (TPSA) is 138 Å². The minimum atomic E-state index is -2.28. The molecule has 12 heteroatoms. The van der Waals surface area contributed by atoms with Gasteiger partial charge in [-0.2, -0.15) is 0 Å². The summed E-state index contributed by atoms with van der Waals surface area (Å²) in [5, 5.41) is 15.4. The van der Waals surface area contributed by atoms with Crippen LogP contribution < -0.4 is 10.6 Å². The number of allylic oxidation sites excluding steroid dienone is 1. The summed E-state index contributed by atoms with van der Waals surface area (Å²) in [5.41, 5.74) is -2.21. The fraction of sp³-hybridized carbons (Fsp3) is 0.758. The van der Waals surface area contributed by atoms with Crippen LogP contribution >= 0.6 is 0 Å². The molecule has 1 aliphatic heterocycles. The minimum absolute atomic E-state index is 0.0995. The van der Waals surface area contributed by atoms with Crippen LogP contribution in [0.5, 0.6) is 0 Å². The molecule has 0 aromatic carbocycles. The molecular formula is C33H56N4O7Si. The second-order valence-electron chi connectivity index (χ2n) is 15.4. The predicted molar refractivity (Wildman–Crippen MR) is 176 cm³/mol. The lowest BCUT2D eigenvalue weighted by Crippen LogP contribution is -2.59. The lowest BCUT2D eigenvalue weighted by molar-refractivity contribution is -0.145. The van der Waals surface area contributed by atoms with Crippen LogP contribution in [-0.4, -0.2) is 102 Å². The normalized spacial score (nSPS) is 25.8. The van der Waals surface area contributed by atoms with Gasteiger partial charge < -0.3 is 29.8 Å². The molecule has 2 saturated carbocycles. The maximum absolute atomic E-state index is 14.5. The summed E-state index contributed by atoms with van der Waals surface area (Å²) in [6.07, 6.45) is 6.46. The lowest BCUT2D eigenvalue weighted by Gasteiger charge is -2.38. The molecule has 0 spiro atoms. The number of alkyl carbamates (subject to hydrolysis) is 1. The molecule has 1 saturated heterocycles. The number of unbranched alkanes of at least 4 members (excludes halogenated alkanes) is 1. The Hall–Kier alpha value is -2.70. The standard InChI is InChI=1S/C33H56N4O7Si/c1-11-13-14-17-36(23-15-16-23)21-25(34-30(42)43-31(3,4)5)28(39)37-20-24(44-45(9,10)32(6,7)8)18-26(37)27(38)35-33(29(40)41)19-22(33)12-2/h11-12,22-26H,1-2,13-21H2,3-10H3,(H,34,42)(H,35,38)(H,40,41)/t22?,24-,25+,26?,33?/m1/s1. The number of nitrogens with zero attached hydrogens (tertiary/aromatic N) is 2. The van der Waals surface area contributed by atoms with Crippen molar-refractivity contribution >= 4 is 32.2 Å². The molecule has 3 amide bonds. The van der Waals surface area contributed by atoms with Crippen LogP contribution in [-0.2, 0) is 23.5 Å². The molecule has 2 aliphatic carbocycles. The van der Waals surface area contributed by atoms with Gasteiger partial charge in [-0.3, -0.25) is 14.5 Å². The number of aliphatic carboxylic acids is 1. The van der Waals surface area contributed by atoms with Crippen LogP contribution in [0.3, 0.4) is 0 Å². The molecular weight excluding hydrogens is 592 g/mol. The van der Waals surface area contributed by atoms with Gasteiger partial charge in [0.1, 0.15) is 23.2 Å². The van der Waals surface area contributed by atoms with Gasteiger partial charge in [-0.1, -0.05) is 32.9 Å². The molecule has 45 heavy (non-hydrogen) atoms. The van der Waals surface area contributed by atoms with E-state index in [4.69, 9.17) is 9.16 Å². The number of rotatable bonds is 15. The third kappa shape index (κ3) is 9.42. The Morgan fingerprint density at radius 2 is 1.78 bits per heavy atom. The summed E-state index contributed by atoms with van der Waals surface area (Å²) in [7, 11) is -2.28. The molecule has 254 valence electrons. The minimum Gasteiger partial charge on any atom is -0.479 e. The molecule has 3 unspecified atom stereocenters. The highest BCUT2D eigenvalue weighted by molar-refractivity contribution is 6.74. The van der Waals surface area contributed by atoms with E-state index in [1.165, 1.54) is 11.0 Å². The van der Waals surface area contributed by atoms with Crippen LogP contribution in [0.15, 0.2) is 25.3 Å². The molecule has 0 bridgehead atoms. The van der Waals surface area contributed by atoms with Crippen LogP contribution in [0.1, 0.15) is 80.1 Å². The fourth-order valence-electron chi connectivity index (χ4n) is 5.66. The van der Waals surface area contributed by atoms with E-state index in [-0.39, 0.29) is 31.0 Å². The van der Waals surface area contributed by atoms with E-state index in [9.17, 15) is 24.3 Å². The quantitative estimate of drug-likeness (QED) is 0.135. The van der Waals surface area contributed by atoms with Crippen molar-refractivity contribution < 1.29 is 33.4 Å². The highest BCUT2D eigenvalue weighted by Crippen LogP contribution is 2.45. The third-order valence-electron chi connectivity index (χ3n) is 9.47. The first-order valence-corrected chi connectivity index (χ1v) is 19.2. The zero-order chi connectivity index (χ0) is 34.0. The van der Waals surface area contributed by atoms with Gasteiger partial charge in [0, 0.05) is 31.5 Å². The van der Waals surface area contributed by atoms with E-state index in [0.29, 0.717) is 6.04 Å². The van der Waals surface area contributed by atoms with E-state index < -0.39 is 67.4 Å². The van der Waals surface area contributed by atoms with E-state index in [0.717, 1.165) is 32.2 Å². The van der Waals surface area contributed by atoms with Gasteiger partial charge in [-0.15, -0.1) is 13.2 Å². The van der Waals surface area contributed by atoms with Gasteiger partial charge in [0.25, 0.3) is 0 Å². The molecule has 0 radical (unpaired) electrons. The van der Waals surface area contributed by atoms with Gasteiger partial charge in [-0.25, -0.2) is 9.59 Å². The molecule has 0 aromatic heterocycles. The maximum atomic E-state index is 14.5. The molecule has 3 rings (SSSR count). The first-order valence-electron chi connectivity index (χ1n) is 16.3. The third-order valence-corrected chi connectivity index (χ3v) is 14.0. The van der Waals surface area contributed by atoms with Gasteiger partial charge in [0.05, 0.1) is 6.10 Å². The van der Waals surface area contributed by atoms with E-state index in [1.54, 1.807) is 20.8 Å². The van der Waals surface area contributed by atoms with Gasteiger partial charge in [0.2, 0.25) is 11.8 Å². The summed E-state index contributed by atoms with van der Waals surface area (Å²) in [6, 6.07) is -1.63. The van der Waals surface area contributed by atoms with E-state index >= 15 is 0 Å². The number of carboxylic acid groups (broad SMARTS) is 1. The van der Waals surface area contributed by atoms with Crippen LogP contribution in [0, 0.1) is 5.92 Å². The summed E-state index contributed by atoms with van der Waals surface area (Å²) >= 11 is 0. The van der Waals surface area contributed by atoms with E-state index in [2.05, 4.69) is 62.6 Å². The zero-order valence-electron chi connectivity index (χ0n) is 28.6. The highest BCUT2D eigenvalue weighted by atomic mass is 28.4. The van der Waals surface area contributed by atoms with Crippen molar-refractivity contribution in [1.29, 1.82) is 0 Å². The Kier molecular flexibility index (Phi) is 11.4. The number of carbonyl (C=O) groups is 4. The number of amides is 3. The van der Waals surface area contributed by atoms with Gasteiger partial charge in [-0.05, 0) is 77.6 Å². The van der Waals surface area contributed by atoms with Gasteiger partial charge >= 0.3 is 12.1 Å². The Morgan fingerprint density at radius 1 is 1.13 bits per heavy atom. The SMILES string of the molecule is C=CCCCN(C[C@H](NC(=O)OC(C)(C)C)C(=O)N1C[C@H](O[Si](C)(C)C(C)(C)C)CC1C(=O)NC1(C(=O)O)CC1C=C)C1CC1. The second-order valence-corrected chi connectivity index (χ2v) is 20.2. The number of nitrogens with one attached hydrogen (secondary N) is 2. The molecule has 3 aliphatic rings. The maximum Gasteiger partial charge on any atom is 0.408 e.